The van der Waals surface area contributed by atoms with Crippen LogP contribution in [0.1, 0.15) is 19.8 Å². The zero-order valence-corrected chi connectivity index (χ0v) is 12.1. The maximum absolute atomic E-state index is 12.4. The predicted octanol–water partition coefficient (Wildman–Crippen LogP) is -0.255. The van der Waals surface area contributed by atoms with E-state index in [4.69, 9.17) is 4.74 Å². The molecule has 3 fully saturated rings. The van der Waals surface area contributed by atoms with Crippen LogP contribution in [0.15, 0.2) is 0 Å². The monoisotopic (exact) mass is 281 g/mol. The second-order valence-corrected chi connectivity index (χ2v) is 5.99. The van der Waals surface area contributed by atoms with Crippen LogP contribution in [0.2, 0.25) is 0 Å². The van der Waals surface area contributed by atoms with Crippen molar-refractivity contribution in [3.8, 4) is 0 Å². The van der Waals surface area contributed by atoms with E-state index in [1.165, 1.54) is 12.8 Å². The lowest BCUT2D eigenvalue weighted by Gasteiger charge is -2.33. The summed E-state index contributed by atoms with van der Waals surface area (Å²) in [6, 6.07) is 0. The molecule has 2 amide bonds. The second-order valence-electron chi connectivity index (χ2n) is 5.99. The Balaban J connectivity index is 1.55. The van der Waals surface area contributed by atoms with E-state index in [1.54, 1.807) is 4.90 Å². The highest BCUT2D eigenvalue weighted by molar-refractivity contribution is 5.89. The molecule has 112 valence electrons. The van der Waals surface area contributed by atoms with Crippen molar-refractivity contribution in [1.82, 2.24) is 14.7 Å². The predicted molar refractivity (Wildman–Crippen MR) is 72.9 cm³/mol. The molecule has 6 nitrogen and oxygen atoms in total. The lowest BCUT2D eigenvalue weighted by atomic mass is 10.2. The Bertz CT molecular complexity index is 397. The van der Waals surface area contributed by atoms with Crippen molar-refractivity contribution in [2.75, 3.05) is 46.0 Å². The molecule has 0 aromatic rings. The third-order valence-electron chi connectivity index (χ3n) is 4.38. The Morgan fingerprint density at radius 1 is 1.40 bits per heavy atom. The Morgan fingerprint density at radius 2 is 2.20 bits per heavy atom. The van der Waals surface area contributed by atoms with Crippen LogP contribution in [0.4, 0.5) is 0 Å². The maximum Gasteiger partial charge on any atom is 0.254 e. The summed E-state index contributed by atoms with van der Waals surface area (Å²) in [6.07, 6.45) is 2.03. The van der Waals surface area contributed by atoms with Gasteiger partial charge in [0, 0.05) is 19.6 Å². The minimum Gasteiger partial charge on any atom is -0.366 e. The molecular weight excluding hydrogens is 258 g/mol. The number of ether oxygens (including phenoxy) is 1. The van der Waals surface area contributed by atoms with Crippen molar-refractivity contribution in [2.24, 2.45) is 5.92 Å². The van der Waals surface area contributed by atoms with Gasteiger partial charge in [0.25, 0.3) is 5.91 Å². The van der Waals surface area contributed by atoms with Gasteiger partial charge in [-0.25, -0.2) is 0 Å². The van der Waals surface area contributed by atoms with E-state index < -0.39 is 6.10 Å². The van der Waals surface area contributed by atoms with Crippen molar-refractivity contribution in [3.05, 3.63) is 0 Å². The van der Waals surface area contributed by atoms with Crippen LogP contribution in [-0.4, -0.2) is 78.6 Å². The molecule has 3 aliphatic rings. The first-order valence-corrected chi connectivity index (χ1v) is 7.58. The van der Waals surface area contributed by atoms with E-state index in [9.17, 15) is 9.59 Å². The highest BCUT2D eigenvalue weighted by Crippen LogP contribution is 2.30. The summed E-state index contributed by atoms with van der Waals surface area (Å²) in [5.41, 5.74) is 0. The first kappa shape index (κ1) is 13.8. The van der Waals surface area contributed by atoms with E-state index in [1.807, 2.05) is 4.90 Å². The number of hydrogen-bond donors (Lipinski definition) is 0. The molecule has 0 N–H and O–H groups in total. The third kappa shape index (κ3) is 2.96. The number of nitrogens with zero attached hydrogens (tertiary/aromatic N) is 3. The standard InChI is InChI=1S/C14H23N3O3/c1-2-15-5-6-20-12(8-15)14(19)17-9-13(18)16(10-17)7-11-3-4-11/h11-12H,2-10H2,1H3. The number of likely N-dealkylation sites (N-methyl/N-ethyl adjacent to an activating group) is 1. The minimum atomic E-state index is -0.405. The number of carbonyl (C=O) groups is 2. The fourth-order valence-electron chi connectivity index (χ4n) is 2.86. The molecule has 1 unspecified atom stereocenters. The second kappa shape index (κ2) is 5.69. The summed E-state index contributed by atoms with van der Waals surface area (Å²) in [4.78, 5) is 30.1. The average Bonchev–Trinajstić information content (AvgIpc) is 3.21. The van der Waals surface area contributed by atoms with Gasteiger partial charge in [-0.2, -0.15) is 0 Å². The normalized spacial score (nSPS) is 28.2. The van der Waals surface area contributed by atoms with Crippen LogP contribution >= 0.6 is 0 Å². The van der Waals surface area contributed by atoms with Gasteiger partial charge < -0.3 is 14.5 Å². The molecule has 0 aromatic heterocycles. The molecular formula is C14H23N3O3. The van der Waals surface area contributed by atoms with Gasteiger partial charge >= 0.3 is 0 Å². The van der Waals surface area contributed by atoms with Gasteiger partial charge in [0.05, 0.1) is 13.3 Å². The van der Waals surface area contributed by atoms with Crippen LogP contribution in [0, 0.1) is 5.92 Å². The average molecular weight is 281 g/mol. The molecule has 2 saturated heterocycles. The Kier molecular flexibility index (Phi) is 3.94. The lowest BCUT2D eigenvalue weighted by molar-refractivity contribution is -0.149. The fourth-order valence-corrected chi connectivity index (χ4v) is 2.86. The van der Waals surface area contributed by atoms with Gasteiger partial charge in [-0.15, -0.1) is 0 Å². The van der Waals surface area contributed by atoms with E-state index in [2.05, 4.69) is 11.8 Å². The molecule has 1 atom stereocenters. The molecule has 3 rings (SSSR count). The number of morpholine rings is 1. The van der Waals surface area contributed by atoms with E-state index >= 15 is 0 Å². The first-order chi connectivity index (χ1) is 9.67. The van der Waals surface area contributed by atoms with Crippen LogP contribution in [0.3, 0.4) is 0 Å². The number of amides is 2. The summed E-state index contributed by atoms with van der Waals surface area (Å²) >= 11 is 0. The zero-order valence-electron chi connectivity index (χ0n) is 12.1. The summed E-state index contributed by atoms with van der Waals surface area (Å²) in [6.45, 7) is 6.61. The van der Waals surface area contributed by atoms with Crippen LogP contribution in [0.5, 0.6) is 0 Å². The Morgan fingerprint density at radius 3 is 2.90 bits per heavy atom. The Hall–Kier alpha value is -1.14. The smallest absolute Gasteiger partial charge is 0.254 e. The lowest BCUT2D eigenvalue weighted by Crippen LogP contribution is -2.50. The first-order valence-electron chi connectivity index (χ1n) is 7.58. The molecule has 0 spiro atoms. The molecule has 20 heavy (non-hydrogen) atoms. The third-order valence-corrected chi connectivity index (χ3v) is 4.38. The summed E-state index contributed by atoms with van der Waals surface area (Å²) < 4.78 is 5.59. The molecule has 1 aliphatic carbocycles. The summed E-state index contributed by atoms with van der Waals surface area (Å²) in [7, 11) is 0. The quantitative estimate of drug-likeness (QED) is 0.713. The van der Waals surface area contributed by atoms with Gasteiger partial charge in [-0.05, 0) is 25.3 Å². The molecule has 2 aliphatic heterocycles. The molecule has 0 aromatic carbocycles. The van der Waals surface area contributed by atoms with Crippen molar-refractivity contribution >= 4 is 11.8 Å². The van der Waals surface area contributed by atoms with Crippen LogP contribution in [0.25, 0.3) is 0 Å². The molecule has 0 bridgehead atoms. The van der Waals surface area contributed by atoms with Gasteiger partial charge in [-0.3, -0.25) is 14.5 Å². The maximum atomic E-state index is 12.4. The minimum absolute atomic E-state index is 0.0326. The van der Waals surface area contributed by atoms with E-state index in [0.717, 1.165) is 19.6 Å². The molecule has 1 saturated carbocycles. The van der Waals surface area contributed by atoms with Crippen molar-refractivity contribution < 1.29 is 14.3 Å². The van der Waals surface area contributed by atoms with Crippen molar-refractivity contribution in [3.63, 3.8) is 0 Å². The topological polar surface area (TPSA) is 53.1 Å². The van der Waals surface area contributed by atoms with Crippen molar-refractivity contribution in [2.45, 2.75) is 25.9 Å². The van der Waals surface area contributed by atoms with E-state index in [-0.39, 0.29) is 18.4 Å². The summed E-state index contributed by atoms with van der Waals surface area (Å²) in [5, 5.41) is 0. The zero-order chi connectivity index (χ0) is 14.1. The number of rotatable bonds is 4. The highest BCUT2D eigenvalue weighted by atomic mass is 16.5. The fraction of sp³-hybridized carbons (Fsp3) is 0.857. The van der Waals surface area contributed by atoms with Gasteiger partial charge in [-0.1, -0.05) is 6.92 Å². The van der Waals surface area contributed by atoms with Crippen LogP contribution < -0.4 is 0 Å². The van der Waals surface area contributed by atoms with Crippen molar-refractivity contribution in [1.29, 1.82) is 0 Å². The van der Waals surface area contributed by atoms with Gasteiger partial charge in [0.1, 0.15) is 12.6 Å². The molecule has 2 heterocycles. The van der Waals surface area contributed by atoms with E-state index in [0.29, 0.717) is 25.7 Å². The van der Waals surface area contributed by atoms with Gasteiger partial charge in [0.2, 0.25) is 5.91 Å². The number of carbonyl (C=O) groups excluding carboxylic acids is 2. The van der Waals surface area contributed by atoms with Crippen LogP contribution in [-0.2, 0) is 14.3 Å². The highest BCUT2D eigenvalue weighted by Gasteiger charge is 2.38. The number of hydrogen-bond acceptors (Lipinski definition) is 4. The SMILES string of the molecule is CCN1CCOC(C(=O)N2CC(=O)N(CC3CC3)C2)C1. The molecule has 6 heteroatoms. The summed E-state index contributed by atoms with van der Waals surface area (Å²) in [5.74, 6) is 0.707. The van der Waals surface area contributed by atoms with Gasteiger partial charge in [0.15, 0.2) is 0 Å². The Labute approximate surface area is 119 Å². The largest absolute Gasteiger partial charge is 0.366 e. The molecule has 0 radical (unpaired) electrons.